The average molecular weight is 426 g/mol. The van der Waals surface area contributed by atoms with E-state index in [1.54, 1.807) is 25.6 Å². The zero-order valence-corrected chi connectivity index (χ0v) is 18.3. The third-order valence-corrected chi connectivity index (χ3v) is 6.35. The van der Waals surface area contributed by atoms with Gasteiger partial charge in [0.05, 0.1) is 26.3 Å². The predicted octanol–water partition coefficient (Wildman–Crippen LogP) is 4.63. The summed E-state index contributed by atoms with van der Waals surface area (Å²) < 4.78 is 12.7. The van der Waals surface area contributed by atoms with Crippen LogP contribution >= 0.6 is 11.3 Å². The lowest BCUT2D eigenvalue weighted by Crippen LogP contribution is -2.26. The summed E-state index contributed by atoms with van der Waals surface area (Å²) in [5.41, 5.74) is 4.21. The van der Waals surface area contributed by atoms with E-state index >= 15 is 0 Å². The zero-order valence-electron chi connectivity index (χ0n) is 17.4. The molecule has 30 heavy (non-hydrogen) atoms. The molecule has 0 radical (unpaired) electrons. The molecule has 0 bridgehead atoms. The molecule has 2 heterocycles. The Morgan fingerprint density at radius 3 is 2.87 bits per heavy atom. The Hall–Kier alpha value is -2.80. The maximum absolute atomic E-state index is 12.4. The van der Waals surface area contributed by atoms with Gasteiger partial charge in [0.1, 0.15) is 0 Å². The maximum Gasteiger partial charge on any atom is 0.225 e. The first-order valence-electron chi connectivity index (χ1n) is 10.3. The lowest BCUT2D eigenvalue weighted by Gasteiger charge is -2.12. The van der Waals surface area contributed by atoms with E-state index in [4.69, 9.17) is 14.5 Å². The predicted molar refractivity (Wildman–Crippen MR) is 119 cm³/mol. The van der Waals surface area contributed by atoms with Crippen molar-refractivity contribution in [2.45, 2.75) is 38.5 Å². The number of thiazole rings is 1. The lowest BCUT2D eigenvalue weighted by molar-refractivity contribution is -0.120. The van der Waals surface area contributed by atoms with Crippen LogP contribution in [0.15, 0.2) is 41.4 Å². The minimum Gasteiger partial charge on any atom is -0.493 e. The van der Waals surface area contributed by atoms with Crippen LogP contribution in [0, 0.1) is 0 Å². The van der Waals surface area contributed by atoms with Gasteiger partial charge in [-0.15, -0.1) is 11.3 Å². The van der Waals surface area contributed by atoms with Crippen LogP contribution in [0.25, 0.3) is 16.2 Å². The number of benzene rings is 1. The number of allylic oxidation sites excluding steroid dienone is 1. The second-order valence-electron chi connectivity index (χ2n) is 7.46. The highest BCUT2D eigenvalue weighted by molar-refractivity contribution is 7.15. The van der Waals surface area contributed by atoms with E-state index < -0.39 is 0 Å². The smallest absolute Gasteiger partial charge is 0.225 e. The molecule has 0 saturated heterocycles. The molecule has 0 saturated carbocycles. The number of imidazole rings is 1. The number of aromatic nitrogens is 2. The number of amides is 1. The topological polar surface area (TPSA) is 64.9 Å². The molecule has 7 heteroatoms. The third-order valence-electron chi connectivity index (χ3n) is 5.46. The molecular formula is C23H27N3O3S. The van der Waals surface area contributed by atoms with Gasteiger partial charge in [-0.25, -0.2) is 4.98 Å². The quantitative estimate of drug-likeness (QED) is 0.535. The number of rotatable bonds is 8. The highest BCUT2D eigenvalue weighted by Crippen LogP contribution is 2.32. The molecule has 0 aliphatic heterocycles. The largest absolute Gasteiger partial charge is 0.493 e. The van der Waals surface area contributed by atoms with Crippen LogP contribution in [-0.2, 0) is 11.2 Å². The Balaban J connectivity index is 1.43. The molecule has 4 rings (SSSR count). The van der Waals surface area contributed by atoms with E-state index in [1.807, 2.05) is 34.2 Å². The first-order valence-corrected chi connectivity index (χ1v) is 11.2. The van der Waals surface area contributed by atoms with Gasteiger partial charge in [0.25, 0.3) is 0 Å². The summed E-state index contributed by atoms with van der Waals surface area (Å²) in [5.74, 6) is 1.40. The Morgan fingerprint density at radius 1 is 1.23 bits per heavy atom. The van der Waals surface area contributed by atoms with Gasteiger partial charge in [-0.3, -0.25) is 9.20 Å². The molecule has 0 unspecified atom stereocenters. The average Bonchev–Trinajstić information content (AvgIpc) is 3.36. The Morgan fingerprint density at radius 2 is 2.10 bits per heavy atom. The van der Waals surface area contributed by atoms with Gasteiger partial charge < -0.3 is 14.8 Å². The molecule has 1 N–H and O–H groups in total. The number of carbonyl (C=O) groups excluding carboxylic acids is 1. The molecule has 1 aliphatic carbocycles. The van der Waals surface area contributed by atoms with Crippen LogP contribution in [-0.4, -0.2) is 36.1 Å². The molecule has 158 valence electrons. The zero-order chi connectivity index (χ0) is 20.9. The number of nitrogens with zero attached hydrogens (tertiary/aromatic N) is 2. The van der Waals surface area contributed by atoms with Gasteiger partial charge in [0.2, 0.25) is 5.91 Å². The summed E-state index contributed by atoms with van der Waals surface area (Å²) in [4.78, 5) is 18.0. The van der Waals surface area contributed by atoms with Gasteiger partial charge in [0.15, 0.2) is 16.5 Å². The number of hydrogen-bond donors (Lipinski definition) is 1. The number of ether oxygens (including phenoxy) is 2. The van der Waals surface area contributed by atoms with Crippen molar-refractivity contribution in [3.63, 3.8) is 0 Å². The van der Waals surface area contributed by atoms with Gasteiger partial charge in [-0.1, -0.05) is 11.6 Å². The molecular weight excluding hydrogens is 398 g/mol. The van der Waals surface area contributed by atoms with Gasteiger partial charge in [-0.05, 0) is 50.3 Å². The summed E-state index contributed by atoms with van der Waals surface area (Å²) in [6.45, 7) is 0.707. The molecule has 1 amide bonds. The number of methoxy groups -OCH3 is 2. The van der Waals surface area contributed by atoms with E-state index in [9.17, 15) is 4.79 Å². The van der Waals surface area contributed by atoms with Crippen LogP contribution in [0.3, 0.4) is 0 Å². The van der Waals surface area contributed by atoms with E-state index in [0.29, 0.717) is 24.5 Å². The minimum absolute atomic E-state index is 0.0486. The van der Waals surface area contributed by atoms with Crippen LogP contribution in [0.2, 0.25) is 0 Å². The standard InChI is InChI=1S/C23H27N3O3S/c1-28-20-9-8-17(12-21(20)29-2)19-14-26-18(15-30-23(26)25-19)13-22(27)24-11-10-16-6-4-3-5-7-16/h6,8-9,12,14-15H,3-5,7,10-11,13H2,1-2H3,(H,24,27). The summed E-state index contributed by atoms with van der Waals surface area (Å²) in [6.07, 6.45) is 10.5. The van der Waals surface area contributed by atoms with Crippen molar-refractivity contribution in [3.05, 3.63) is 47.1 Å². The summed E-state index contributed by atoms with van der Waals surface area (Å²) in [6, 6.07) is 5.75. The SMILES string of the molecule is COc1ccc(-c2cn3c(CC(=O)NCCC4=CCCCC4)csc3n2)cc1OC. The van der Waals surface area contributed by atoms with Crippen LogP contribution in [0.4, 0.5) is 0 Å². The molecule has 3 aromatic rings. The summed E-state index contributed by atoms with van der Waals surface area (Å²) in [7, 11) is 3.24. The van der Waals surface area contributed by atoms with Crippen molar-refractivity contribution >= 4 is 22.2 Å². The fraction of sp³-hybridized carbons (Fsp3) is 0.391. The van der Waals surface area contributed by atoms with E-state index in [0.717, 1.165) is 28.3 Å². The van der Waals surface area contributed by atoms with Crippen LogP contribution in [0.1, 0.15) is 37.8 Å². The molecule has 2 aromatic heterocycles. The van der Waals surface area contributed by atoms with Crippen LogP contribution in [0.5, 0.6) is 11.5 Å². The third kappa shape index (κ3) is 4.51. The molecule has 6 nitrogen and oxygen atoms in total. The number of carbonyl (C=O) groups is 1. The van der Waals surface area contributed by atoms with Crippen LogP contribution < -0.4 is 14.8 Å². The Kier molecular flexibility index (Phi) is 6.38. The summed E-state index contributed by atoms with van der Waals surface area (Å²) in [5, 5.41) is 5.06. The highest BCUT2D eigenvalue weighted by Gasteiger charge is 2.14. The lowest BCUT2D eigenvalue weighted by atomic mass is 9.97. The minimum atomic E-state index is 0.0486. The highest BCUT2D eigenvalue weighted by atomic mass is 32.1. The second-order valence-corrected chi connectivity index (χ2v) is 8.30. The fourth-order valence-electron chi connectivity index (χ4n) is 3.81. The number of fused-ring (bicyclic) bond motifs is 1. The van der Waals surface area contributed by atoms with Gasteiger partial charge in [0, 0.05) is 29.4 Å². The maximum atomic E-state index is 12.4. The fourth-order valence-corrected chi connectivity index (χ4v) is 4.69. The second kappa shape index (κ2) is 9.34. The molecule has 0 fully saturated rings. The summed E-state index contributed by atoms with van der Waals surface area (Å²) >= 11 is 1.54. The molecule has 1 aliphatic rings. The molecule has 0 atom stereocenters. The first-order chi connectivity index (χ1) is 14.7. The normalized spacial score (nSPS) is 13.9. The van der Waals surface area contributed by atoms with Crippen molar-refractivity contribution in [2.24, 2.45) is 0 Å². The van der Waals surface area contributed by atoms with Crippen molar-refractivity contribution in [3.8, 4) is 22.8 Å². The van der Waals surface area contributed by atoms with Crippen molar-refractivity contribution in [1.29, 1.82) is 0 Å². The van der Waals surface area contributed by atoms with Gasteiger partial charge in [-0.2, -0.15) is 0 Å². The van der Waals surface area contributed by atoms with E-state index in [-0.39, 0.29) is 5.91 Å². The van der Waals surface area contributed by atoms with Gasteiger partial charge >= 0.3 is 0 Å². The Bertz CT molecular complexity index is 1070. The molecule has 0 spiro atoms. The molecule has 1 aromatic carbocycles. The number of hydrogen-bond acceptors (Lipinski definition) is 5. The van der Waals surface area contributed by atoms with E-state index in [2.05, 4.69) is 11.4 Å². The van der Waals surface area contributed by atoms with Crippen molar-refractivity contribution < 1.29 is 14.3 Å². The number of nitrogens with one attached hydrogen (secondary N) is 1. The monoisotopic (exact) mass is 425 g/mol. The first kappa shape index (κ1) is 20.5. The van der Waals surface area contributed by atoms with Crippen molar-refractivity contribution in [1.82, 2.24) is 14.7 Å². The Labute approximate surface area is 180 Å². The van der Waals surface area contributed by atoms with Crippen molar-refractivity contribution in [2.75, 3.05) is 20.8 Å². The van der Waals surface area contributed by atoms with E-state index in [1.165, 1.54) is 31.3 Å².